The second-order valence-corrected chi connectivity index (χ2v) is 4.89. The second-order valence-electron chi connectivity index (χ2n) is 4.48. The number of aliphatic hydroxyl groups is 1. The lowest BCUT2D eigenvalue weighted by Crippen LogP contribution is -2.45. The van der Waals surface area contributed by atoms with E-state index in [-0.39, 0.29) is 30.9 Å². The smallest absolute Gasteiger partial charge is 0.124 e. The molecule has 0 amide bonds. The minimum absolute atomic E-state index is 0. The molecule has 0 unspecified atom stereocenters. The predicted octanol–water partition coefficient (Wildman–Crippen LogP) is 2.23. The van der Waals surface area contributed by atoms with E-state index in [2.05, 4.69) is 10.2 Å². The summed E-state index contributed by atoms with van der Waals surface area (Å²) in [5.74, 6) is -0.327. The average Bonchev–Trinajstić information content (AvgIpc) is 2.38. The van der Waals surface area contributed by atoms with Crippen LogP contribution in [0.4, 0.5) is 4.39 Å². The third-order valence-corrected chi connectivity index (χ3v) is 3.64. The minimum atomic E-state index is -0.327. The van der Waals surface area contributed by atoms with Gasteiger partial charge in [-0.25, -0.2) is 4.39 Å². The molecule has 1 aliphatic heterocycles. The summed E-state index contributed by atoms with van der Waals surface area (Å²) >= 11 is 6.12. The van der Waals surface area contributed by atoms with Gasteiger partial charge in [0.2, 0.25) is 0 Å². The van der Waals surface area contributed by atoms with Crippen molar-refractivity contribution in [3.8, 4) is 0 Å². The van der Waals surface area contributed by atoms with Crippen molar-refractivity contribution < 1.29 is 9.50 Å². The van der Waals surface area contributed by atoms with Crippen molar-refractivity contribution in [3.63, 3.8) is 0 Å². The summed E-state index contributed by atoms with van der Waals surface area (Å²) in [4.78, 5) is 2.28. The van der Waals surface area contributed by atoms with Gasteiger partial charge in [-0.15, -0.1) is 12.4 Å². The van der Waals surface area contributed by atoms with E-state index in [1.54, 1.807) is 6.07 Å². The van der Waals surface area contributed by atoms with E-state index in [1.165, 1.54) is 12.1 Å². The van der Waals surface area contributed by atoms with Crippen molar-refractivity contribution in [2.45, 2.75) is 12.5 Å². The van der Waals surface area contributed by atoms with Crippen LogP contribution < -0.4 is 5.32 Å². The summed E-state index contributed by atoms with van der Waals surface area (Å²) in [5.41, 5.74) is 0.897. The first-order chi connectivity index (χ1) is 8.72. The van der Waals surface area contributed by atoms with Gasteiger partial charge in [0, 0.05) is 43.9 Å². The first-order valence-electron chi connectivity index (χ1n) is 6.23. The summed E-state index contributed by atoms with van der Waals surface area (Å²) in [5, 5.41) is 12.9. The number of halogens is 3. The fourth-order valence-electron chi connectivity index (χ4n) is 2.42. The Morgan fingerprint density at radius 3 is 2.63 bits per heavy atom. The summed E-state index contributed by atoms with van der Waals surface area (Å²) in [6.07, 6.45) is 0.616. The molecule has 0 saturated carbocycles. The molecule has 108 valence electrons. The van der Waals surface area contributed by atoms with Crippen LogP contribution in [0.1, 0.15) is 18.0 Å². The highest BCUT2D eigenvalue weighted by Gasteiger charge is 2.23. The first kappa shape index (κ1) is 16.7. The Hall–Kier alpha value is -0.390. The SMILES string of the molecule is Cl.OCC[C@H](c1ccc(F)cc1Cl)N1CCNCC1. The molecule has 0 bridgehead atoms. The Bertz CT molecular complexity index is 400. The number of hydrogen-bond donors (Lipinski definition) is 2. The molecule has 2 rings (SSSR count). The molecule has 0 aromatic heterocycles. The molecule has 0 radical (unpaired) electrons. The van der Waals surface area contributed by atoms with Crippen LogP contribution in [-0.2, 0) is 0 Å². The maximum Gasteiger partial charge on any atom is 0.124 e. The molecule has 1 aromatic carbocycles. The van der Waals surface area contributed by atoms with Gasteiger partial charge in [-0.2, -0.15) is 0 Å². The highest BCUT2D eigenvalue weighted by molar-refractivity contribution is 6.31. The predicted molar refractivity (Wildman–Crippen MR) is 77.5 cm³/mol. The molecule has 1 aromatic rings. The van der Waals surface area contributed by atoms with E-state index in [0.29, 0.717) is 11.4 Å². The van der Waals surface area contributed by atoms with Crippen molar-refractivity contribution >= 4 is 24.0 Å². The van der Waals surface area contributed by atoms with Gasteiger partial charge in [0.15, 0.2) is 0 Å². The van der Waals surface area contributed by atoms with Crippen molar-refractivity contribution in [1.82, 2.24) is 10.2 Å². The molecule has 1 heterocycles. The highest BCUT2D eigenvalue weighted by Crippen LogP contribution is 2.30. The Morgan fingerprint density at radius 2 is 2.05 bits per heavy atom. The molecule has 3 nitrogen and oxygen atoms in total. The van der Waals surface area contributed by atoms with Gasteiger partial charge >= 0.3 is 0 Å². The standard InChI is InChI=1S/C13H18ClFN2O.ClH/c14-12-9-10(15)1-2-11(12)13(3-8-18)17-6-4-16-5-7-17;/h1-2,9,13,16,18H,3-8H2;1H/t13-;/m1./s1. The van der Waals surface area contributed by atoms with Crippen LogP contribution in [0.5, 0.6) is 0 Å². The second kappa shape index (κ2) is 8.02. The lowest BCUT2D eigenvalue weighted by atomic mass is 10.0. The van der Waals surface area contributed by atoms with Crippen LogP contribution >= 0.6 is 24.0 Å². The summed E-state index contributed by atoms with van der Waals surface area (Å²) in [6.45, 7) is 3.79. The Balaban J connectivity index is 0.00000180. The topological polar surface area (TPSA) is 35.5 Å². The number of aliphatic hydroxyl groups excluding tert-OH is 1. The van der Waals surface area contributed by atoms with Crippen LogP contribution in [0.3, 0.4) is 0 Å². The Labute approximate surface area is 124 Å². The number of hydrogen-bond acceptors (Lipinski definition) is 3. The van der Waals surface area contributed by atoms with E-state index >= 15 is 0 Å². The van der Waals surface area contributed by atoms with E-state index in [0.717, 1.165) is 31.7 Å². The Kier molecular flexibility index (Phi) is 7.04. The van der Waals surface area contributed by atoms with Gasteiger partial charge in [0.25, 0.3) is 0 Å². The minimum Gasteiger partial charge on any atom is -0.396 e. The molecule has 2 N–H and O–H groups in total. The number of nitrogens with one attached hydrogen (secondary N) is 1. The van der Waals surface area contributed by atoms with Crippen molar-refractivity contribution in [3.05, 3.63) is 34.6 Å². The van der Waals surface area contributed by atoms with E-state index < -0.39 is 0 Å². The number of piperazine rings is 1. The zero-order valence-electron chi connectivity index (χ0n) is 10.6. The molecule has 1 saturated heterocycles. The molecule has 19 heavy (non-hydrogen) atoms. The van der Waals surface area contributed by atoms with Gasteiger partial charge in [-0.05, 0) is 24.1 Å². The van der Waals surface area contributed by atoms with Gasteiger partial charge in [0.05, 0.1) is 0 Å². The molecule has 1 aliphatic rings. The lowest BCUT2D eigenvalue weighted by molar-refractivity contribution is 0.141. The maximum atomic E-state index is 13.1. The number of rotatable bonds is 4. The quantitative estimate of drug-likeness (QED) is 0.895. The maximum absolute atomic E-state index is 13.1. The van der Waals surface area contributed by atoms with Crippen molar-refractivity contribution in [2.75, 3.05) is 32.8 Å². The van der Waals surface area contributed by atoms with E-state index in [4.69, 9.17) is 11.6 Å². The van der Waals surface area contributed by atoms with Gasteiger partial charge in [0.1, 0.15) is 5.82 Å². The zero-order chi connectivity index (χ0) is 13.0. The van der Waals surface area contributed by atoms with Crippen LogP contribution in [0.25, 0.3) is 0 Å². The van der Waals surface area contributed by atoms with Gasteiger partial charge in [-0.3, -0.25) is 4.90 Å². The normalized spacial score (nSPS) is 17.8. The number of nitrogens with zero attached hydrogens (tertiary/aromatic N) is 1. The molecule has 0 aliphatic carbocycles. The third kappa shape index (κ3) is 4.29. The summed E-state index contributed by atoms with van der Waals surface area (Å²) in [6, 6.07) is 4.54. The van der Waals surface area contributed by atoms with Crippen molar-refractivity contribution in [2.24, 2.45) is 0 Å². The molecule has 6 heteroatoms. The molecule has 0 spiro atoms. The first-order valence-corrected chi connectivity index (χ1v) is 6.60. The highest BCUT2D eigenvalue weighted by atomic mass is 35.5. The van der Waals surface area contributed by atoms with Gasteiger partial charge < -0.3 is 10.4 Å². The molecular weight excluding hydrogens is 290 g/mol. The zero-order valence-corrected chi connectivity index (χ0v) is 12.2. The molecular formula is C13H19Cl2FN2O. The van der Waals surface area contributed by atoms with Crippen LogP contribution in [-0.4, -0.2) is 42.8 Å². The van der Waals surface area contributed by atoms with E-state index in [1.807, 2.05) is 0 Å². The van der Waals surface area contributed by atoms with Gasteiger partial charge in [-0.1, -0.05) is 17.7 Å². The van der Waals surface area contributed by atoms with Crippen LogP contribution in [0.2, 0.25) is 5.02 Å². The number of benzene rings is 1. The molecule has 1 fully saturated rings. The van der Waals surface area contributed by atoms with E-state index in [9.17, 15) is 9.50 Å². The largest absolute Gasteiger partial charge is 0.396 e. The van der Waals surface area contributed by atoms with Crippen LogP contribution in [0, 0.1) is 5.82 Å². The average molecular weight is 309 g/mol. The van der Waals surface area contributed by atoms with Crippen LogP contribution in [0.15, 0.2) is 18.2 Å². The fourth-order valence-corrected chi connectivity index (χ4v) is 2.72. The molecule has 1 atom stereocenters. The monoisotopic (exact) mass is 308 g/mol. The summed E-state index contributed by atoms with van der Waals surface area (Å²) < 4.78 is 13.1. The Morgan fingerprint density at radius 1 is 1.37 bits per heavy atom. The van der Waals surface area contributed by atoms with Crippen molar-refractivity contribution in [1.29, 1.82) is 0 Å². The third-order valence-electron chi connectivity index (χ3n) is 3.32. The summed E-state index contributed by atoms with van der Waals surface area (Å²) in [7, 11) is 0. The fraction of sp³-hybridized carbons (Fsp3) is 0.538. The lowest BCUT2D eigenvalue weighted by Gasteiger charge is -2.35.